The minimum absolute atomic E-state index is 0.0152. The number of nitrogens with one attached hydrogen (secondary N) is 1. The van der Waals surface area contributed by atoms with Crippen LogP contribution < -0.4 is 5.32 Å². The van der Waals surface area contributed by atoms with E-state index in [1.54, 1.807) is 29.2 Å². The molecule has 1 N–H and O–H groups in total. The van der Waals surface area contributed by atoms with E-state index in [1.807, 2.05) is 6.92 Å². The number of hydrogen-bond donors (Lipinski definition) is 1. The van der Waals surface area contributed by atoms with Gasteiger partial charge in [0.1, 0.15) is 5.58 Å². The van der Waals surface area contributed by atoms with Crippen molar-refractivity contribution < 1.29 is 14.0 Å². The van der Waals surface area contributed by atoms with Crippen molar-refractivity contribution in [1.82, 2.24) is 10.2 Å². The van der Waals surface area contributed by atoms with Gasteiger partial charge in [0.05, 0.1) is 5.92 Å². The fraction of sp³-hybridized carbons (Fsp3) is 0.412. The number of carbonyl (C=O) groups is 2. The number of likely N-dealkylation sites (tertiary alicyclic amines) is 1. The normalized spacial score (nSPS) is 18.2. The molecule has 6 heteroatoms. The van der Waals surface area contributed by atoms with Crippen molar-refractivity contribution in [2.75, 3.05) is 19.6 Å². The fourth-order valence-corrected chi connectivity index (χ4v) is 3.15. The van der Waals surface area contributed by atoms with Gasteiger partial charge in [-0.15, -0.1) is 0 Å². The molecule has 1 atom stereocenters. The van der Waals surface area contributed by atoms with Gasteiger partial charge >= 0.3 is 0 Å². The van der Waals surface area contributed by atoms with Crippen molar-refractivity contribution in [3.05, 3.63) is 35.0 Å². The summed E-state index contributed by atoms with van der Waals surface area (Å²) in [5, 5.41) is 4.23. The number of halogens is 1. The van der Waals surface area contributed by atoms with Crippen molar-refractivity contribution in [3.8, 4) is 0 Å². The van der Waals surface area contributed by atoms with E-state index in [1.165, 1.54) is 0 Å². The van der Waals surface area contributed by atoms with Gasteiger partial charge in [0.15, 0.2) is 5.76 Å². The lowest BCUT2D eigenvalue weighted by atomic mass is 9.97. The number of amides is 2. The summed E-state index contributed by atoms with van der Waals surface area (Å²) in [6.45, 7) is 3.58. The number of hydrogen-bond acceptors (Lipinski definition) is 3. The van der Waals surface area contributed by atoms with Crippen LogP contribution in [-0.2, 0) is 4.79 Å². The van der Waals surface area contributed by atoms with Crippen LogP contribution in [0.5, 0.6) is 0 Å². The fourth-order valence-electron chi connectivity index (χ4n) is 2.97. The molecule has 2 aromatic rings. The molecule has 0 bridgehead atoms. The summed E-state index contributed by atoms with van der Waals surface area (Å²) in [7, 11) is 0. The van der Waals surface area contributed by atoms with Crippen LogP contribution in [0.1, 0.15) is 30.3 Å². The molecular formula is C17H19ClN2O3. The van der Waals surface area contributed by atoms with Gasteiger partial charge in [0.2, 0.25) is 5.91 Å². The predicted molar refractivity (Wildman–Crippen MR) is 88.5 cm³/mol. The molecule has 122 valence electrons. The van der Waals surface area contributed by atoms with Crippen LogP contribution in [0, 0.1) is 5.92 Å². The summed E-state index contributed by atoms with van der Waals surface area (Å²) in [6, 6.07) is 6.96. The molecule has 0 unspecified atom stereocenters. The lowest BCUT2D eigenvalue weighted by molar-refractivity contribution is -0.126. The third-order valence-electron chi connectivity index (χ3n) is 4.12. The minimum atomic E-state index is -0.175. The molecule has 2 amide bonds. The highest BCUT2D eigenvalue weighted by molar-refractivity contribution is 6.31. The molecule has 3 rings (SSSR count). The first-order valence-corrected chi connectivity index (χ1v) is 8.22. The zero-order valence-electron chi connectivity index (χ0n) is 13.0. The first-order chi connectivity index (χ1) is 11.1. The van der Waals surface area contributed by atoms with Crippen molar-refractivity contribution in [3.63, 3.8) is 0 Å². The zero-order chi connectivity index (χ0) is 16.4. The number of benzene rings is 1. The number of furan rings is 1. The molecule has 0 saturated carbocycles. The van der Waals surface area contributed by atoms with Gasteiger partial charge in [-0.2, -0.15) is 0 Å². The van der Waals surface area contributed by atoms with Crippen molar-refractivity contribution in [1.29, 1.82) is 0 Å². The Kier molecular flexibility index (Phi) is 4.57. The molecule has 1 aliphatic rings. The maximum absolute atomic E-state index is 12.6. The van der Waals surface area contributed by atoms with Crippen LogP contribution in [0.25, 0.3) is 11.0 Å². The van der Waals surface area contributed by atoms with Crippen molar-refractivity contribution in [2.24, 2.45) is 5.92 Å². The van der Waals surface area contributed by atoms with Gasteiger partial charge in [-0.3, -0.25) is 9.59 Å². The lowest BCUT2D eigenvalue weighted by Gasteiger charge is -2.31. The van der Waals surface area contributed by atoms with Gasteiger partial charge in [-0.1, -0.05) is 11.6 Å². The summed E-state index contributed by atoms with van der Waals surface area (Å²) in [5.41, 5.74) is 0.634. The molecule has 5 nitrogen and oxygen atoms in total. The molecular weight excluding hydrogens is 316 g/mol. The van der Waals surface area contributed by atoms with E-state index in [0.717, 1.165) is 18.2 Å². The first-order valence-electron chi connectivity index (χ1n) is 7.84. The standard InChI is InChI=1S/C17H19ClN2O3/c1-2-19-16(21)11-4-3-7-20(10-11)17(22)15-9-12-8-13(18)5-6-14(12)23-15/h5-6,8-9,11H,2-4,7,10H2,1H3,(H,19,21)/t11-/m1/s1. The summed E-state index contributed by atoms with van der Waals surface area (Å²) < 4.78 is 5.63. The number of carbonyl (C=O) groups excluding carboxylic acids is 2. The molecule has 1 aromatic carbocycles. The van der Waals surface area contributed by atoms with Crippen LogP contribution in [0.4, 0.5) is 0 Å². The molecule has 1 aliphatic heterocycles. The number of rotatable bonds is 3. The second kappa shape index (κ2) is 6.62. The second-order valence-electron chi connectivity index (χ2n) is 5.78. The van der Waals surface area contributed by atoms with Gasteiger partial charge in [-0.05, 0) is 44.0 Å². The highest BCUT2D eigenvalue weighted by Gasteiger charge is 2.30. The maximum atomic E-state index is 12.6. The molecule has 1 fully saturated rings. The third kappa shape index (κ3) is 3.34. The Hall–Kier alpha value is -2.01. The molecule has 0 radical (unpaired) electrons. The van der Waals surface area contributed by atoms with E-state index in [-0.39, 0.29) is 17.7 Å². The van der Waals surface area contributed by atoms with Crippen LogP contribution in [0.15, 0.2) is 28.7 Å². The van der Waals surface area contributed by atoms with E-state index in [4.69, 9.17) is 16.0 Å². The van der Waals surface area contributed by atoms with Gasteiger partial charge in [-0.25, -0.2) is 0 Å². The number of nitrogens with zero attached hydrogens (tertiary/aromatic N) is 1. The molecule has 1 saturated heterocycles. The average Bonchev–Trinajstić information content (AvgIpc) is 2.97. The predicted octanol–water partition coefficient (Wildman–Crippen LogP) is 3.07. The maximum Gasteiger partial charge on any atom is 0.289 e. The van der Waals surface area contributed by atoms with E-state index >= 15 is 0 Å². The Labute approximate surface area is 139 Å². The van der Waals surface area contributed by atoms with E-state index < -0.39 is 0 Å². The summed E-state index contributed by atoms with van der Waals surface area (Å²) in [4.78, 5) is 26.3. The van der Waals surface area contributed by atoms with E-state index in [9.17, 15) is 9.59 Å². The largest absolute Gasteiger partial charge is 0.451 e. The summed E-state index contributed by atoms with van der Waals surface area (Å²) in [5.74, 6) is -0.0157. The van der Waals surface area contributed by atoms with Crippen LogP contribution in [0.2, 0.25) is 5.02 Å². The monoisotopic (exact) mass is 334 g/mol. The molecule has 23 heavy (non-hydrogen) atoms. The first kappa shape index (κ1) is 15.9. The SMILES string of the molecule is CCNC(=O)[C@@H]1CCCN(C(=O)c2cc3cc(Cl)ccc3o2)C1. The van der Waals surface area contributed by atoms with Crippen LogP contribution in [-0.4, -0.2) is 36.3 Å². The topological polar surface area (TPSA) is 62.6 Å². The van der Waals surface area contributed by atoms with Crippen molar-refractivity contribution in [2.45, 2.75) is 19.8 Å². The van der Waals surface area contributed by atoms with Gasteiger partial charge in [0.25, 0.3) is 5.91 Å². The Morgan fingerprint density at radius 1 is 1.39 bits per heavy atom. The quantitative estimate of drug-likeness (QED) is 0.938. The second-order valence-corrected chi connectivity index (χ2v) is 6.21. The van der Waals surface area contributed by atoms with Crippen LogP contribution >= 0.6 is 11.6 Å². The van der Waals surface area contributed by atoms with E-state index in [0.29, 0.717) is 36.0 Å². The zero-order valence-corrected chi connectivity index (χ0v) is 13.7. The number of piperidine rings is 1. The van der Waals surface area contributed by atoms with Gasteiger partial charge in [0, 0.05) is 30.0 Å². The van der Waals surface area contributed by atoms with Crippen LogP contribution in [0.3, 0.4) is 0 Å². The van der Waals surface area contributed by atoms with E-state index in [2.05, 4.69) is 5.32 Å². The highest BCUT2D eigenvalue weighted by Crippen LogP contribution is 2.25. The number of fused-ring (bicyclic) bond motifs is 1. The smallest absolute Gasteiger partial charge is 0.289 e. The Bertz CT molecular complexity index is 741. The molecule has 2 heterocycles. The van der Waals surface area contributed by atoms with Crippen molar-refractivity contribution >= 4 is 34.4 Å². The molecule has 0 spiro atoms. The summed E-state index contributed by atoms with van der Waals surface area (Å²) in [6.07, 6.45) is 1.63. The summed E-state index contributed by atoms with van der Waals surface area (Å²) >= 11 is 5.96. The minimum Gasteiger partial charge on any atom is -0.451 e. The Morgan fingerprint density at radius 2 is 2.22 bits per heavy atom. The average molecular weight is 335 g/mol. The molecule has 0 aliphatic carbocycles. The Balaban J connectivity index is 1.77. The van der Waals surface area contributed by atoms with Gasteiger partial charge < -0.3 is 14.6 Å². The Morgan fingerprint density at radius 3 is 3.00 bits per heavy atom. The third-order valence-corrected chi connectivity index (χ3v) is 4.35. The molecule has 1 aromatic heterocycles. The highest BCUT2D eigenvalue weighted by atomic mass is 35.5. The lowest BCUT2D eigenvalue weighted by Crippen LogP contribution is -2.45.